The molecule has 3 rings (SSSR count). The van der Waals surface area contributed by atoms with Gasteiger partial charge in [-0.25, -0.2) is 15.0 Å². The minimum atomic E-state index is -4.68. The molecule has 3 nitrogen and oxygen atoms in total. The molecule has 0 aliphatic heterocycles. The third-order valence-electron chi connectivity index (χ3n) is 3.44. The maximum atomic E-state index is 12.5. The molecule has 0 amide bonds. The number of alkyl halides is 9. The molecule has 0 aromatic carbocycles. The first-order valence-electron chi connectivity index (χ1n) is 8.50. The summed E-state index contributed by atoms with van der Waals surface area (Å²) in [7, 11) is 0. The fourth-order valence-corrected chi connectivity index (χ4v) is 2.65. The molecule has 204 valence electrons. The number of hydrogen-bond acceptors (Lipinski definition) is 3. The van der Waals surface area contributed by atoms with Gasteiger partial charge < -0.3 is 0 Å². The van der Waals surface area contributed by atoms with Crippen molar-refractivity contribution in [1.29, 1.82) is 0 Å². The van der Waals surface area contributed by atoms with Gasteiger partial charge in [0.05, 0.1) is 26.7 Å². The van der Waals surface area contributed by atoms with Gasteiger partial charge >= 0.3 is 18.5 Å². The van der Waals surface area contributed by atoms with Gasteiger partial charge in [-0.2, -0.15) is 52.7 Å². The molecule has 3 aromatic heterocycles. The van der Waals surface area contributed by atoms with Gasteiger partial charge in [0.15, 0.2) is 0 Å². The Bertz CT molecular complexity index is 1230. The van der Waals surface area contributed by atoms with Crippen LogP contribution in [0.25, 0.3) is 0 Å². The van der Waals surface area contributed by atoms with Crippen molar-refractivity contribution in [3.05, 3.63) is 85.3 Å². The van der Waals surface area contributed by atoms with Crippen LogP contribution >= 0.6 is 46.4 Å². The minimum absolute atomic E-state index is 0.390. The summed E-state index contributed by atoms with van der Waals surface area (Å²) < 4.78 is 145. The van der Waals surface area contributed by atoms with Crippen LogP contribution in [0.5, 0.6) is 0 Å². The van der Waals surface area contributed by atoms with Crippen molar-refractivity contribution in [3.63, 3.8) is 0 Å². The Morgan fingerprint density at radius 3 is 1.49 bits per heavy atom. The van der Waals surface area contributed by atoms with Crippen molar-refractivity contribution >= 4 is 46.4 Å². The average Bonchev–Trinajstić information content (AvgIpc) is 2.71. The fourth-order valence-electron chi connectivity index (χ4n) is 1.84. The molecule has 37 heavy (non-hydrogen) atoms. The maximum absolute atomic E-state index is 12.5. The van der Waals surface area contributed by atoms with Crippen LogP contribution < -0.4 is 0 Å². The largest absolute Gasteiger partial charge is 0.419 e. The van der Waals surface area contributed by atoms with Crippen LogP contribution in [0.1, 0.15) is 16.7 Å². The van der Waals surface area contributed by atoms with E-state index in [0.29, 0.717) is 30.5 Å². The summed E-state index contributed by atoms with van der Waals surface area (Å²) in [6.45, 7) is 0. The van der Waals surface area contributed by atoms with E-state index in [4.69, 9.17) is 46.4 Å². The van der Waals surface area contributed by atoms with E-state index in [1.165, 1.54) is 0 Å². The Morgan fingerprint density at radius 2 is 1.05 bits per heavy atom. The second-order valence-corrected chi connectivity index (χ2v) is 7.59. The molecule has 0 aliphatic carbocycles. The normalized spacial score (nSPS) is 11.8. The highest BCUT2D eigenvalue weighted by Gasteiger charge is 2.35. The molecule has 0 N–H and O–H groups in total. The van der Waals surface area contributed by atoms with E-state index in [-0.39, 0.29) is 0 Å². The smallest absolute Gasteiger partial charge is 0.226 e. The van der Waals surface area contributed by atoms with Gasteiger partial charge in [0, 0.05) is 6.20 Å². The zero-order valence-electron chi connectivity index (χ0n) is 16.8. The number of aromatic nitrogens is 3. The van der Waals surface area contributed by atoms with E-state index < -0.39 is 73.4 Å². The van der Waals surface area contributed by atoms with Gasteiger partial charge in [-0.05, 0) is 24.3 Å². The first kappa shape index (κ1) is 32.8. The van der Waals surface area contributed by atoms with Crippen LogP contribution in [0.2, 0.25) is 20.4 Å². The number of halogens is 16. The lowest BCUT2D eigenvalue weighted by Crippen LogP contribution is -2.07. The van der Waals surface area contributed by atoms with E-state index >= 15 is 0 Å². The Balaban J connectivity index is 0.000000278. The van der Waals surface area contributed by atoms with Crippen molar-refractivity contribution in [1.82, 2.24) is 15.0 Å². The number of nitrogens with zero attached hydrogens (tertiary/aromatic N) is 3. The minimum Gasteiger partial charge on any atom is -0.226 e. The molecule has 0 atom stereocenters. The summed E-state index contributed by atoms with van der Waals surface area (Å²) in [4.78, 5) is 8.43. The fraction of sp³-hybridized carbons (Fsp3) is 0.167. The van der Waals surface area contributed by atoms with Gasteiger partial charge in [0.25, 0.3) is 0 Å². The first-order valence-corrected chi connectivity index (χ1v) is 10.0. The van der Waals surface area contributed by atoms with E-state index in [1.807, 2.05) is 0 Å². The van der Waals surface area contributed by atoms with Crippen LogP contribution in [-0.4, -0.2) is 15.0 Å². The highest BCUT2D eigenvalue weighted by Crippen LogP contribution is 2.36. The van der Waals surface area contributed by atoms with E-state index in [9.17, 15) is 52.7 Å². The molecular formula is C18H5Cl4F12N3. The van der Waals surface area contributed by atoms with Crippen molar-refractivity contribution < 1.29 is 52.7 Å². The molecule has 0 fully saturated rings. The second kappa shape index (κ2) is 12.5. The van der Waals surface area contributed by atoms with Crippen LogP contribution in [0.15, 0.2) is 30.5 Å². The Labute approximate surface area is 218 Å². The summed E-state index contributed by atoms with van der Waals surface area (Å²) in [5.74, 6) is -3.36. The molecule has 19 heteroatoms. The zero-order valence-corrected chi connectivity index (χ0v) is 19.8. The summed E-state index contributed by atoms with van der Waals surface area (Å²) in [5.41, 5.74) is -3.44. The van der Waals surface area contributed by atoms with Gasteiger partial charge in [0.2, 0.25) is 17.8 Å². The van der Waals surface area contributed by atoms with Crippen molar-refractivity contribution in [2.45, 2.75) is 18.5 Å². The lowest BCUT2D eigenvalue weighted by Gasteiger charge is -2.07. The third kappa shape index (κ3) is 10.2. The van der Waals surface area contributed by atoms with E-state index in [2.05, 4.69) is 15.0 Å². The van der Waals surface area contributed by atoms with Gasteiger partial charge in [-0.3, -0.25) is 0 Å². The summed E-state index contributed by atoms with van der Waals surface area (Å²) in [6.07, 6.45) is -13.4. The number of hydrogen-bond donors (Lipinski definition) is 0. The Kier molecular flexibility index (Phi) is 11.1. The van der Waals surface area contributed by atoms with E-state index in [1.54, 1.807) is 0 Å². The molecule has 0 radical (unpaired) electrons. The SMILES string of the molecule is Fc1ccc(C(F)(F)F)c(Cl)n1.Fc1nc(Cl)c(C(F)(F)F)cc1Cl.Fc1ncc(C(F)(F)F)cc1Cl. The Hall–Kier alpha value is -2.23. The van der Waals surface area contributed by atoms with Crippen molar-refractivity contribution in [2.24, 2.45) is 0 Å². The zero-order chi connectivity index (χ0) is 28.9. The number of rotatable bonds is 0. The highest BCUT2D eigenvalue weighted by atomic mass is 35.5. The molecule has 0 bridgehead atoms. The molecule has 3 aromatic rings. The van der Waals surface area contributed by atoms with Gasteiger partial charge in [-0.1, -0.05) is 46.4 Å². The van der Waals surface area contributed by atoms with Crippen LogP contribution in [0, 0.1) is 17.8 Å². The van der Waals surface area contributed by atoms with Crippen LogP contribution in [-0.2, 0) is 18.5 Å². The van der Waals surface area contributed by atoms with Crippen LogP contribution in [0.4, 0.5) is 52.7 Å². The quantitative estimate of drug-likeness (QED) is 0.183. The number of pyridine rings is 3. The third-order valence-corrected chi connectivity index (χ3v) is 4.54. The highest BCUT2D eigenvalue weighted by molar-refractivity contribution is 6.32. The molecule has 0 unspecified atom stereocenters. The topological polar surface area (TPSA) is 38.7 Å². The van der Waals surface area contributed by atoms with E-state index in [0.717, 1.165) is 0 Å². The second-order valence-electron chi connectivity index (χ2n) is 6.06. The van der Waals surface area contributed by atoms with Crippen LogP contribution in [0.3, 0.4) is 0 Å². The predicted molar refractivity (Wildman–Crippen MR) is 108 cm³/mol. The molecule has 0 aliphatic rings. The standard InChI is InChI=1S/C6HCl2F4N.2C6H2ClF4N/c7-3-1-2(6(10,11)12)4(8)13-5(3)9;7-4-1-3(6(9,10)11)2-12-5(4)8;7-5-3(6(9,10)11)1-2-4(8)12-5/h1H;2*1-2H. The summed E-state index contributed by atoms with van der Waals surface area (Å²) >= 11 is 20.3. The molecule has 3 heterocycles. The summed E-state index contributed by atoms with van der Waals surface area (Å²) in [5, 5.41) is -3.17. The molecule has 0 saturated heterocycles. The molecule has 0 saturated carbocycles. The van der Waals surface area contributed by atoms with Gasteiger partial charge in [0.1, 0.15) is 10.3 Å². The van der Waals surface area contributed by atoms with Crippen molar-refractivity contribution in [2.75, 3.05) is 0 Å². The monoisotopic (exact) mass is 631 g/mol. The average molecular weight is 633 g/mol. The Morgan fingerprint density at radius 1 is 0.568 bits per heavy atom. The molecule has 0 spiro atoms. The lowest BCUT2D eigenvalue weighted by molar-refractivity contribution is -0.138. The maximum Gasteiger partial charge on any atom is 0.419 e. The molecular weight excluding hydrogens is 628 g/mol. The van der Waals surface area contributed by atoms with Crippen molar-refractivity contribution in [3.8, 4) is 0 Å². The first-order chi connectivity index (χ1) is 16.6. The lowest BCUT2D eigenvalue weighted by atomic mass is 10.3. The van der Waals surface area contributed by atoms with Gasteiger partial charge in [-0.15, -0.1) is 0 Å². The predicted octanol–water partition coefficient (Wildman–Crippen LogP) is 9.33. The summed E-state index contributed by atoms with van der Waals surface area (Å²) in [6, 6.07) is 2.04.